The van der Waals surface area contributed by atoms with Crippen LogP contribution in [0.5, 0.6) is 5.75 Å². The lowest BCUT2D eigenvalue weighted by atomic mass is 10.1. The molecule has 0 radical (unpaired) electrons. The lowest BCUT2D eigenvalue weighted by molar-refractivity contribution is -0.139. The van der Waals surface area contributed by atoms with Gasteiger partial charge in [-0.15, -0.1) is 11.8 Å². The molecule has 0 heterocycles. The first kappa shape index (κ1) is 16.9. The molecule has 20 heavy (non-hydrogen) atoms. The minimum atomic E-state index is -0.189. The Balaban J connectivity index is 2.39. The molecule has 0 aliphatic heterocycles. The van der Waals surface area contributed by atoms with Crippen LogP contribution in [-0.4, -0.2) is 30.2 Å². The van der Waals surface area contributed by atoms with Gasteiger partial charge >= 0.3 is 5.97 Å². The van der Waals surface area contributed by atoms with Crippen LogP contribution in [0.4, 0.5) is 0 Å². The SMILES string of the molecule is CCOC(=O)CSCC(N)c1ccc(OC(C)C)cc1. The second kappa shape index (κ2) is 8.87. The minimum Gasteiger partial charge on any atom is -0.491 e. The van der Waals surface area contributed by atoms with Crippen LogP contribution in [0, 0.1) is 0 Å². The molecule has 112 valence electrons. The average molecular weight is 297 g/mol. The van der Waals surface area contributed by atoms with Crippen molar-refractivity contribution in [2.45, 2.75) is 32.9 Å². The van der Waals surface area contributed by atoms with Gasteiger partial charge < -0.3 is 15.2 Å². The maximum atomic E-state index is 11.2. The predicted octanol–water partition coefficient (Wildman–Crippen LogP) is 2.77. The number of nitrogens with two attached hydrogens (primary N) is 1. The molecular weight excluding hydrogens is 274 g/mol. The second-order valence-corrected chi connectivity index (χ2v) is 5.69. The van der Waals surface area contributed by atoms with Crippen LogP contribution in [0.3, 0.4) is 0 Å². The van der Waals surface area contributed by atoms with Crippen LogP contribution < -0.4 is 10.5 Å². The first-order valence-corrected chi connectivity index (χ1v) is 7.94. The number of thioether (sulfide) groups is 1. The van der Waals surface area contributed by atoms with Gasteiger partial charge in [0.15, 0.2) is 0 Å². The highest BCUT2D eigenvalue weighted by Gasteiger charge is 2.09. The maximum Gasteiger partial charge on any atom is 0.315 e. The molecule has 0 bridgehead atoms. The molecule has 5 heteroatoms. The molecule has 0 spiro atoms. The van der Waals surface area contributed by atoms with Crippen molar-refractivity contribution in [1.82, 2.24) is 0 Å². The lowest BCUT2D eigenvalue weighted by Crippen LogP contribution is -2.15. The minimum absolute atomic E-state index is 0.0949. The van der Waals surface area contributed by atoms with Gasteiger partial charge in [0.25, 0.3) is 0 Å². The maximum absolute atomic E-state index is 11.2. The number of benzene rings is 1. The Morgan fingerprint density at radius 3 is 2.50 bits per heavy atom. The van der Waals surface area contributed by atoms with Gasteiger partial charge in [-0.1, -0.05) is 12.1 Å². The lowest BCUT2D eigenvalue weighted by Gasteiger charge is -2.13. The largest absolute Gasteiger partial charge is 0.491 e. The molecule has 0 aromatic heterocycles. The van der Waals surface area contributed by atoms with Crippen LogP contribution in [0.1, 0.15) is 32.4 Å². The van der Waals surface area contributed by atoms with Gasteiger partial charge in [0.05, 0.1) is 18.5 Å². The van der Waals surface area contributed by atoms with Gasteiger partial charge in [-0.05, 0) is 38.5 Å². The number of esters is 1. The smallest absolute Gasteiger partial charge is 0.315 e. The first-order chi connectivity index (χ1) is 9.52. The molecule has 0 aliphatic rings. The number of carbonyl (C=O) groups is 1. The van der Waals surface area contributed by atoms with E-state index in [1.54, 1.807) is 6.92 Å². The molecular formula is C15H23NO3S. The normalized spacial score (nSPS) is 12.2. The first-order valence-electron chi connectivity index (χ1n) is 6.78. The number of hydrogen-bond acceptors (Lipinski definition) is 5. The molecule has 1 aromatic rings. The van der Waals surface area contributed by atoms with Crippen molar-refractivity contribution in [3.05, 3.63) is 29.8 Å². The fourth-order valence-corrected chi connectivity index (χ4v) is 2.45. The highest BCUT2D eigenvalue weighted by molar-refractivity contribution is 7.99. The summed E-state index contributed by atoms with van der Waals surface area (Å²) in [4.78, 5) is 11.2. The van der Waals surface area contributed by atoms with Gasteiger partial charge in [0.2, 0.25) is 0 Å². The van der Waals surface area contributed by atoms with E-state index < -0.39 is 0 Å². The van der Waals surface area contributed by atoms with Crippen molar-refractivity contribution < 1.29 is 14.3 Å². The topological polar surface area (TPSA) is 61.5 Å². The summed E-state index contributed by atoms with van der Waals surface area (Å²) in [6.07, 6.45) is 0.162. The number of hydrogen-bond donors (Lipinski definition) is 1. The summed E-state index contributed by atoms with van der Waals surface area (Å²) in [7, 11) is 0. The van der Waals surface area contributed by atoms with Crippen LogP contribution in [0.15, 0.2) is 24.3 Å². The van der Waals surface area contributed by atoms with Gasteiger partial charge in [-0.25, -0.2) is 0 Å². The third kappa shape index (κ3) is 6.30. The van der Waals surface area contributed by atoms with E-state index in [-0.39, 0.29) is 18.1 Å². The fraction of sp³-hybridized carbons (Fsp3) is 0.533. The molecule has 2 N–H and O–H groups in total. The fourth-order valence-electron chi connectivity index (χ4n) is 1.63. The van der Waals surface area contributed by atoms with Crippen LogP contribution in [-0.2, 0) is 9.53 Å². The summed E-state index contributed by atoms with van der Waals surface area (Å²) in [5.41, 5.74) is 7.13. The zero-order chi connectivity index (χ0) is 15.0. The third-order valence-electron chi connectivity index (χ3n) is 2.50. The number of ether oxygens (including phenoxy) is 2. The molecule has 4 nitrogen and oxygen atoms in total. The molecule has 0 saturated carbocycles. The predicted molar refractivity (Wildman–Crippen MR) is 83.1 cm³/mol. The molecule has 0 aliphatic carbocycles. The molecule has 0 amide bonds. The zero-order valence-electron chi connectivity index (χ0n) is 12.3. The molecule has 1 rings (SSSR count). The van der Waals surface area contributed by atoms with E-state index in [0.29, 0.717) is 18.1 Å². The van der Waals surface area contributed by atoms with Crippen molar-refractivity contribution >= 4 is 17.7 Å². The molecule has 1 atom stereocenters. The highest BCUT2D eigenvalue weighted by Crippen LogP contribution is 2.20. The van der Waals surface area contributed by atoms with Gasteiger partial charge in [0, 0.05) is 11.8 Å². The van der Waals surface area contributed by atoms with Crippen molar-refractivity contribution in [3.8, 4) is 5.75 Å². The molecule has 1 aromatic carbocycles. The summed E-state index contributed by atoms with van der Waals surface area (Å²) in [6.45, 7) is 6.20. The Morgan fingerprint density at radius 1 is 1.30 bits per heavy atom. The van der Waals surface area contributed by atoms with Crippen molar-refractivity contribution in [1.29, 1.82) is 0 Å². The Hall–Kier alpha value is -1.20. The Kier molecular flexibility index (Phi) is 7.47. The summed E-state index contributed by atoms with van der Waals surface area (Å²) >= 11 is 1.49. The standard InChI is InChI=1S/C15H23NO3S/c1-4-18-15(17)10-20-9-14(16)12-5-7-13(8-6-12)19-11(2)3/h5-8,11,14H,4,9-10,16H2,1-3H3. The Bertz CT molecular complexity index is 406. The van der Waals surface area contributed by atoms with Crippen LogP contribution >= 0.6 is 11.8 Å². The molecule has 0 saturated heterocycles. The van der Waals surface area contributed by atoms with E-state index >= 15 is 0 Å². The van der Waals surface area contributed by atoms with E-state index in [1.807, 2.05) is 38.1 Å². The van der Waals surface area contributed by atoms with Crippen molar-refractivity contribution in [2.24, 2.45) is 5.73 Å². The van der Waals surface area contributed by atoms with E-state index in [4.69, 9.17) is 15.2 Å². The van der Waals surface area contributed by atoms with Crippen LogP contribution in [0.25, 0.3) is 0 Å². The van der Waals surface area contributed by atoms with Crippen molar-refractivity contribution in [2.75, 3.05) is 18.1 Å². The zero-order valence-corrected chi connectivity index (χ0v) is 13.1. The summed E-state index contributed by atoms with van der Waals surface area (Å²) in [5, 5.41) is 0. The van der Waals surface area contributed by atoms with Crippen molar-refractivity contribution in [3.63, 3.8) is 0 Å². The summed E-state index contributed by atoms with van der Waals surface area (Å²) < 4.78 is 10.4. The van der Waals surface area contributed by atoms with E-state index in [9.17, 15) is 4.79 Å². The summed E-state index contributed by atoms with van der Waals surface area (Å²) in [6, 6.07) is 7.68. The van der Waals surface area contributed by atoms with Gasteiger partial charge in [0.1, 0.15) is 5.75 Å². The van der Waals surface area contributed by atoms with Gasteiger partial charge in [-0.2, -0.15) is 0 Å². The van der Waals surface area contributed by atoms with E-state index in [1.165, 1.54) is 11.8 Å². The van der Waals surface area contributed by atoms with E-state index in [0.717, 1.165) is 11.3 Å². The summed E-state index contributed by atoms with van der Waals surface area (Å²) in [5.74, 6) is 1.68. The monoisotopic (exact) mass is 297 g/mol. The average Bonchev–Trinajstić information content (AvgIpc) is 2.39. The number of rotatable bonds is 8. The number of carbonyl (C=O) groups excluding carboxylic acids is 1. The highest BCUT2D eigenvalue weighted by atomic mass is 32.2. The second-order valence-electron chi connectivity index (χ2n) is 4.66. The van der Waals surface area contributed by atoms with Crippen LogP contribution in [0.2, 0.25) is 0 Å². The Labute approximate surface area is 125 Å². The Morgan fingerprint density at radius 2 is 1.95 bits per heavy atom. The van der Waals surface area contributed by atoms with Gasteiger partial charge in [-0.3, -0.25) is 4.79 Å². The van der Waals surface area contributed by atoms with E-state index in [2.05, 4.69) is 0 Å². The quantitative estimate of drug-likeness (QED) is 0.748. The third-order valence-corrected chi connectivity index (χ3v) is 3.54. The molecule has 0 fully saturated rings. The molecule has 1 unspecified atom stereocenters.